The molecule has 0 spiro atoms. The second-order valence-electron chi connectivity index (χ2n) is 4.47. The van der Waals surface area contributed by atoms with E-state index in [0.29, 0.717) is 12.1 Å². The van der Waals surface area contributed by atoms with E-state index in [1.54, 1.807) is 0 Å². The lowest BCUT2D eigenvalue weighted by molar-refractivity contribution is 0.0993. The molecular weight excluding hydrogens is 220 g/mol. The minimum atomic E-state index is 0.147. The molecule has 1 aliphatic rings. The highest BCUT2D eigenvalue weighted by atomic mass is 32.1. The van der Waals surface area contributed by atoms with Gasteiger partial charge in [0.2, 0.25) is 0 Å². The maximum Gasteiger partial charge on any atom is 0.174 e. The van der Waals surface area contributed by atoms with Crippen LogP contribution in [0.25, 0.3) is 0 Å². The summed E-state index contributed by atoms with van der Waals surface area (Å²) in [7, 11) is 2.07. The van der Waals surface area contributed by atoms with Crippen molar-refractivity contribution >= 4 is 27.8 Å². The molecule has 0 aliphatic heterocycles. The number of carbonyl (C=O) groups excluding carboxylic acids is 1. The average Bonchev–Trinajstić information content (AvgIpc) is 2.98. The fraction of sp³-hybridized carbons (Fsp3) is 0.583. The van der Waals surface area contributed by atoms with Gasteiger partial charge in [0.1, 0.15) is 0 Å². The topological polar surface area (TPSA) is 46.3 Å². The number of hydrogen-bond acceptors (Lipinski definition) is 4. The zero-order valence-corrected chi connectivity index (χ0v) is 10.6. The Bertz CT molecular complexity index is 396. The molecule has 1 aliphatic carbocycles. The minimum absolute atomic E-state index is 0.147. The third-order valence-electron chi connectivity index (χ3n) is 2.93. The largest absolute Gasteiger partial charge is 0.397 e. The summed E-state index contributed by atoms with van der Waals surface area (Å²) in [5, 5.41) is 1.11. The highest BCUT2D eigenvalue weighted by Gasteiger charge is 2.24. The molecule has 0 atom stereocenters. The monoisotopic (exact) mass is 238 g/mol. The van der Waals surface area contributed by atoms with Gasteiger partial charge in [-0.3, -0.25) is 4.79 Å². The number of thiophene rings is 1. The van der Waals surface area contributed by atoms with Crippen molar-refractivity contribution in [2.24, 2.45) is 5.92 Å². The Morgan fingerprint density at radius 3 is 2.88 bits per heavy atom. The molecule has 2 rings (SSSR count). The lowest BCUT2D eigenvalue weighted by Gasteiger charge is -2.15. The Labute approximate surface area is 100 Å². The molecule has 1 heterocycles. The van der Waals surface area contributed by atoms with Crippen LogP contribution in [0.3, 0.4) is 0 Å². The number of nitrogens with two attached hydrogens (primary N) is 1. The number of nitrogens with zero attached hydrogens (tertiary/aromatic N) is 1. The van der Waals surface area contributed by atoms with Crippen LogP contribution in [0.5, 0.6) is 0 Å². The molecule has 0 radical (unpaired) electrons. The maximum absolute atomic E-state index is 11.6. The third kappa shape index (κ3) is 2.38. The van der Waals surface area contributed by atoms with Gasteiger partial charge in [-0.05, 0) is 24.8 Å². The van der Waals surface area contributed by atoms with Crippen molar-refractivity contribution in [3.8, 4) is 0 Å². The SMILES string of the molecule is CCC(=O)c1sc(N(C)CC2CC2)cc1N. The first-order chi connectivity index (χ1) is 7.61. The van der Waals surface area contributed by atoms with Gasteiger partial charge >= 0.3 is 0 Å². The predicted octanol–water partition coefficient (Wildman–Crippen LogP) is 2.77. The van der Waals surface area contributed by atoms with E-state index in [4.69, 9.17) is 5.73 Å². The van der Waals surface area contributed by atoms with Crippen molar-refractivity contribution in [3.63, 3.8) is 0 Å². The molecular formula is C12H18N2OS. The highest BCUT2D eigenvalue weighted by molar-refractivity contribution is 7.18. The van der Waals surface area contributed by atoms with Crippen LogP contribution in [0.4, 0.5) is 10.7 Å². The number of nitrogen functional groups attached to an aromatic ring is 1. The first-order valence-electron chi connectivity index (χ1n) is 5.75. The summed E-state index contributed by atoms with van der Waals surface area (Å²) in [5.41, 5.74) is 6.50. The molecule has 0 bridgehead atoms. The van der Waals surface area contributed by atoms with Crippen LogP contribution in [0.15, 0.2) is 6.07 Å². The van der Waals surface area contributed by atoms with Crippen molar-refractivity contribution < 1.29 is 4.79 Å². The first kappa shape index (κ1) is 11.5. The zero-order valence-electron chi connectivity index (χ0n) is 9.82. The summed E-state index contributed by atoms with van der Waals surface area (Å²) in [6.45, 7) is 2.95. The summed E-state index contributed by atoms with van der Waals surface area (Å²) < 4.78 is 0. The Morgan fingerprint density at radius 2 is 2.31 bits per heavy atom. The molecule has 0 aromatic carbocycles. The standard InChI is InChI=1S/C12H18N2OS/c1-3-10(15)12-9(13)6-11(16-12)14(2)7-8-4-5-8/h6,8H,3-5,7,13H2,1-2H3. The number of ketones is 1. The molecule has 1 aromatic heterocycles. The molecule has 0 saturated heterocycles. The number of Topliss-reactive ketones (excluding diaryl/α,β-unsaturated/α-hetero) is 1. The molecule has 2 N–H and O–H groups in total. The lowest BCUT2D eigenvalue weighted by Crippen LogP contribution is -2.18. The molecule has 4 heteroatoms. The summed E-state index contributed by atoms with van der Waals surface area (Å²) >= 11 is 1.52. The van der Waals surface area contributed by atoms with Gasteiger partial charge in [-0.1, -0.05) is 6.92 Å². The van der Waals surface area contributed by atoms with Crippen LogP contribution in [0.1, 0.15) is 35.9 Å². The van der Waals surface area contributed by atoms with Crippen LogP contribution >= 0.6 is 11.3 Å². The van der Waals surface area contributed by atoms with Crippen molar-refractivity contribution in [3.05, 3.63) is 10.9 Å². The van der Waals surface area contributed by atoms with E-state index in [1.807, 2.05) is 13.0 Å². The molecule has 88 valence electrons. The second kappa shape index (κ2) is 4.45. The minimum Gasteiger partial charge on any atom is -0.397 e. The molecule has 1 saturated carbocycles. The molecule has 0 unspecified atom stereocenters. The van der Waals surface area contributed by atoms with Gasteiger partial charge in [-0.2, -0.15) is 0 Å². The van der Waals surface area contributed by atoms with Crippen molar-refractivity contribution in [1.29, 1.82) is 0 Å². The average molecular weight is 238 g/mol. The number of rotatable bonds is 5. The van der Waals surface area contributed by atoms with Gasteiger partial charge in [0.15, 0.2) is 5.78 Å². The molecule has 3 nitrogen and oxygen atoms in total. The van der Waals surface area contributed by atoms with E-state index in [-0.39, 0.29) is 5.78 Å². The number of hydrogen-bond donors (Lipinski definition) is 1. The van der Waals surface area contributed by atoms with E-state index < -0.39 is 0 Å². The summed E-state index contributed by atoms with van der Waals surface area (Å²) in [6.07, 6.45) is 3.20. The Morgan fingerprint density at radius 1 is 1.62 bits per heavy atom. The van der Waals surface area contributed by atoms with E-state index in [2.05, 4.69) is 11.9 Å². The van der Waals surface area contributed by atoms with Gasteiger partial charge in [0.25, 0.3) is 0 Å². The fourth-order valence-corrected chi connectivity index (χ4v) is 2.80. The Kier molecular flexibility index (Phi) is 3.19. The highest BCUT2D eigenvalue weighted by Crippen LogP contribution is 2.36. The van der Waals surface area contributed by atoms with Crippen molar-refractivity contribution in [1.82, 2.24) is 0 Å². The van der Waals surface area contributed by atoms with Gasteiger partial charge < -0.3 is 10.6 Å². The fourth-order valence-electron chi connectivity index (χ4n) is 1.74. The van der Waals surface area contributed by atoms with Gasteiger partial charge in [0, 0.05) is 20.0 Å². The molecule has 16 heavy (non-hydrogen) atoms. The Hall–Kier alpha value is -1.03. The summed E-state index contributed by atoms with van der Waals surface area (Å²) in [6, 6.07) is 1.93. The zero-order chi connectivity index (χ0) is 11.7. The van der Waals surface area contributed by atoms with Crippen LogP contribution in [-0.2, 0) is 0 Å². The summed E-state index contributed by atoms with van der Waals surface area (Å²) in [4.78, 5) is 14.6. The van der Waals surface area contributed by atoms with Crippen molar-refractivity contribution in [2.45, 2.75) is 26.2 Å². The number of anilines is 2. The van der Waals surface area contributed by atoms with E-state index in [0.717, 1.165) is 22.3 Å². The maximum atomic E-state index is 11.6. The lowest BCUT2D eigenvalue weighted by atomic mass is 10.2. The molecule has 1 fully saturated rings. The molecule has 0 amide bonds. The second-order valence-corrected chi connectivity index (χ2v) is 5.50. The van der Waals surface area contributed by atoms with E-state index in [9.17, 15) is 4.79 Å². The first-order valence-corrected chi connectivity index (χ1v) is 6.57. The Balaban J connectivity index is 2.12. The van der Waals surface area contributed by atoms with Crippen LogP contribution < -0.4 is 10.6 Å². The van der Waals surface area contributed by atoms with Crippen LogP contribution in [0, 0.1) is 5.92 Å². The molecule has 1 aromatic rings. The van der Waals surface area contributed by atoms with Gasteiger partial charge in [-0.25, -0.2) is 0 Å². The smallest absolute Gasteiger partial charge is 0.174 e. The van der Waals surface area contributed by atoms with Crippen LogP contribution in [0.2, 0.25) is 0 Å². The summed E-state index contributed by atoms with van der Waals surface area (Å²) in [5.74, 6) is 0.993. The van der Waals surface area contributed by atoms with Crippen LogP contribution in [-0.4, -0.2) is 19.4 Å². The van der Waals surface area contributed by atoms with Gasteiger partial charge in [-0.15, -0.1) is 11.3 Å². The predicted molar refractivity (Wildman–Crippen MR) is 69.3 cm³/mol. The van der Waals surface area contributed by atoms with E-state index in [1.165, 1.54) is 24.2 Å². The third-order valence-corrected chi connectivity index (χ3v) is 4.23. The quantitative estimate of drug-likeness (QED) is 0.802. The van der Waals surface area contributed by atoms with Crippen molar-refractivity contribution in [2.75, 3.05) is 24.2 Å². The van der Waals surface area contributed by atoms with Gasteiger partial charge in [0.05, 0.1) is 15.6 Å². The van der Waals surface area contributed by atoms with E-state index >= 15 is 0 Å². The number of carbonyl (C=O) groups is 1. The normalized spacial score (nSPS) is 15.1.